The second-order valence-corrected chi connectivity index (χ2v) is 11.0. The number of carboxylic acid groups (broad SMARTS) is 1. The van der Waals surface area contributed by atoms with Crippen LogP contribution in [0.25, 0.3) is 0 Å². The molecule has 0 aromatic heterocycles. The second-order valence-electron chi connectivity index (χ2n) is 6.96. The van der Waals surface area contributed by atoms with Crippen LogP contribution < -0.4 is 4.90 Å². The molecule has 0 heterocycles. The maximum atomic E-state index is 12.3. The minimum atomic E-state index is -3.91. The number of aliphatic carboxylic acids is 1. The van der Waals surface area contributed by atoms with Crippen molar-refractivity contribution in [2.75, 3.05) is 31.4 Å². The van der Waals surface area contributed by atoms with Crippen molar-refractivity contribution < 1.29 is 28.7 Å². The van der Waals surface area contributed by atoms with Crippen molar-refractivity contribution in [2.45, 2.75) is 19.3 Å². The van der Waals surface area contributed by atoms with Gasteiger partial charge in [-0.1, -0.05) is 0 Å². The van der Waals surface area contributed by atoms with Gasteiger partial charge in [0, 0.05) is 37.5 Å². The standard InChI is InChI=1S/C21H26N3O6PS/c1-24(2)19-11-9-18(10-12-19)23-22-17-7-5-16(6-8-17)20(25)4-3-14-30-31(28,29)32-15-13-21(26)27/h5-12H,3-4,13-15H2,1-2H3,(H,26,27)(H,28,29). The smallest absolute Gasteiger partial charge is 0.386 e. The van der Waals surface area contributed by atoms with Crippen molar-refractivity contribution in [3.63, 3.8) is 0 Å². The molecular formula is C21H26N3O6PS. The van der Waals surface area contributed by atoms with Crippen LogP contribution in [-0.2, 0) is 13.9 Å². The Morgan fingerprint density at radius 1 is 1.00 bits per heavy atom. The number of ketones is 1. The molecule has 0 spiro atoms. The predicted molar refractivity (Wildman–Crippen MR) is 125 cm³/mol. The molecule has 9 nitrogen and oxygen atoms in total. The topological polar surface area (TPSA) is 129 Å². The minimum absolute atomic E-state index is 0.0207. The van der Waals surface area contributed by atoms with Gasteiger partial charge in [0.25, 0.3) is 0 Å². The summed E-state index contributed by atoms with van der Waals surface area (Å²) < 4.78 is 16.7. The highest BCUT2D eigenvalue weighted by Crippen LogP contribution is 2.55. The molecule has 11 heteroatoms. The van der Waals surface area contributed by atoms with Gasteiger partial charge in [0.15, 0.2) is 5.78 Å². The third kappa shape index (κ3) is 9.32. The molecule has 2 aromatic carbocycles. The van der Waals surface area contributed by atoms with Crippen LogP contribution in [0.3, 0.4) is 0 Å². The molecule has 1 unspecified atom stereocenters. The highest BCUT2D eigenvalue weighted by atomic mass is 32.7. The van der Waals surface area contributed by atoms with Gasteiger partial charge in [0.1, 0.15) is 0 Å². The van der Waals surface area contributed by atoms with Gasteiger partial charge in [-0.3, -0.25) is 9.59 Å². The zero-order valence-electron chi connectivity index (χ0n) is 17.9. The maximum absolute atomic E-state index is 12.3. The molecule has 1 atom stereocenters. The van der Waals surface area contributed by atoms with Gasteiger partial charge in [0.05, 0.1) is 24.4 Å². The highest BCUT2D eigenvalue weighted by Gasteiger charge is 2.20. The van der Waals surface area contributed by atoms with Gasteiger partial charge < -0.3 is 19.4 Å². The van der Waals surface area contributed by atoms with Crippen LogP contribution in [0.5, 0.6) is 0 Å². The molecule has 0 aliphatic rings. The number of anilines is 1. The molecule has 0 fully saturated rings. The van der Waals surface area contributed by atoms with Gasteiger partial charge in [-0.25, -0.2) is 4.57 Å². The first kappa shape index (κ1) is 25.7. The summed E-state index contributed by atoms with van der Waals surface area (Å²) >= 11 is 0.570. The van der Waals surface area contributed by atoms with E-state index in [1.165, 1.54) is 0 Å². The number of carbonyl (C=O) groups excluding carboxylic acids is 1. The fourth-order valence-corrected chi connectivity index (χ4v) is 4.83. The number of carboxylic acids is 1. The molecule has 0 aliphatic heterocycles. The number of nitrogens with zero attached hydrogens (tertiary/aromatic N) is 3. The average Bonchev–Trinajstić information content (AvgIpc) is 2.75. The van der Waals surface area contributed by atoms with Crippen LogP contribution in [0, 0.1) is 0 Å². The summed E-state index contributed by atoms with van der Waals surface area (Å²) in [6, 6.07) is 14.3. The molecular weight excluding hydrogens is 453 g/mol. The lowest BCUT2D eigenvalue weighted by molar-refractivity contribution is -0.136. The summed E-state index contributed by atoms with van der Waals surface area (Å²) in [4.78, 5) is 34.3. The van der Waals surface area contributed by atoms with E-state index in [9.17, 15) is 19.0 Å². The van der Waals surface area contributed by atoms with Gasteiger partial charge in [-0.05, 0) is 66.3 Å². The van der Waals surface area contributed by atoms with Crippen LogP contribution >= 0.6 is 18.2 Å². The Balaban J connectivity index is 1.78. The quantitative estimate of drug-likeness (QED) is 0.168. The molecule has 0 saturated carbocycles. The number of rotatable bonds is 13. The number of benzene rings is 2. The van der Waals surface area contributed by atoms with Crippen LogP contribution in [0.4, 0.5) is 17.1 Å². The lowest BCUT2D eigenvalue weighted by Crippen LogP contribution is -2.07. The fraction of sp³-hybridized carbons (Fsp3) is 0.333. The summed E-state index contributed by atoms with van der Waals surface area (Å²) in [6.07, 6.45) is 0.196. The lowest BCUT2D eigenvalue weighted by Gasteiger charge is -2.11. The summed E-state index contributed by atoms with van der Waals surface area (Å²) in [5.74, 6) is -1.19. The largest absolute Gasteiger partial charge is 0.481 e. The van der Waals surface area contributed by atoms with Crippen LogP contribution in [0.2, 0.25) is 0 Å². The van der Waals surface area contributed by atoms with Crippen molar-refractivity contribution in [1.29, 1.82) is 0 Å². The molecule has 2 rings (SSSR count). The first-order chi connectivity index (χ1) is 15.2. The zero-order chi connectivity index (χ0) is 23.6. The number of Topliss-reactive ketones (excluding diaryl/α,β-unsaturated/α-hetero) is 1. The third-order valence-corrected chi connectivity index (χ3v) is 7.27. The van der Waals surface area contributed by atoms with E-state index in [1.807, 2.05) is 43.3 Å². The molecule has 32 heavy (non-hydrogen) atoms. The molecule has 0 radical (unpaired) electrons. The van der Waals surface area contributed by atoms with Gasteiger partial charge in [0.2, 0.25) is 0 Å². The average molecular weight is 479 g/mol. The Morgan fingerprint density at radius 2 is 1.56 bits per heavy atom. The minimum Gasteiger partial charge on any atom is -0.481 e. The van der Waals surface area contributed by atoms with E-state index in [0.717, 1.165) is 11.4 Å². The monoisotopic (exact) mass is 479 g/mol. The van der Waals surface area contributed by atoms with E-state index in [2.05, 4.69) is 10.2 Å². The molecule has 172 valence electrons. The normalized spacial score (nSPS) is 13.1. The van der Waals surface area contributed by atoms with Crippen molar-refractivity contribution >= 4 is 47.0 Å². The molecule has 0 bridgehead atoms. The van der Waals surface area contributed by atoms with Crippen molar-refractivity contribution in [3.05, 3.63) is 54.1 Å². The van der Waals surface area contributed by atoms with Crippen molar-refractivity contribution in [1.82, 2.24) is 0 Å². The zero-order valence-corrected chi connectivity index (χ0v) is 19.6. The lowest BCUT2D eigenvalue weighted by atomic mass is 10.1. The molecule has 0 aliphatic carbocycles. The SMILES string of the molecule is CN(C)c1ccc(N=Nc2ccc(C(=O)CCCOP(=O)(O)SCCC(=O)O)cc2)cc1. The van der Waals surface area contributed by atoms with E-state index in [-0.39, 0.29) is 37.4 Å². The number of hydrogen-bond acceptors (Lipinski definition) is 8. The van der Waals surface area contributed by atoms with Crippen molar-refractivity contribution in [2.24, 2.45) is 10.2 Å². The Hall–Kier alpha value is -2.52. The first-order valence-electron chi connectivity index (χ1n) is 9.82. The molecule has 0 saturated heterocycles. The Kier molecular flexibility index (Phi) is 10.1. The molecule has 2 N–H and O–H groups in total. The van der Waals surface area contributed by atoms with Crippen LogP contribution in [0.1, 0.15) is 29.6 Å². The molecule has 0 amide bonds. The maximum Gasteiger partial charge on any atom is 0.386 e. The molecule has 2 aromatic rings. The van der Waals surface area contributed by atoms with Gasteiger partial charge >= 0.3 is 12.8 Å². The second kappa shape index (κ2) is 12.5. The van der Waals surface area contributed by atoms with E-state index < -0.39 is 12.8 Å². The Labute approximate surface area is 190 Å². The van der Waals surface area contributed by atoms with E-state index in [4.69, 9.17) is 9.63 Å². The third-order valence-electron chi connectivity index (χ3n) is 4.21. The van der Waals surface area contributed by atoms with Crippen LogP contribution in [0.15, 0.2) is 58.8 Å². The number of hydrogen-bond donors (Lipinski definition) is 2. The summed E-state index contributed by atoms with van der Waals surface area (Å²) in [6.45, 7) is -3.98. The van der Waals surface area contributed by atoms with E-state index >= 15 is 0 Å². The van der Waals surface area contributed by atoms with Crippen molar-refractivity contribution in [3.8, 4) is 0 Å². The summed E-state index contributed by atoms with van der Waals surface area (Å²) in [5, 5.41) is 16.9. The van der Waals surface area contributed by atoms with E-state index in [1.54, 1.807) is 24.3 Å². The van der Waals surface area contributed by atoms with Gasteiger partial charge in [-0.2, -0.15) is 10.2 Å². The number of azo groups is 1. The number of carbonyl (C=O) groups is 2. The Morgan fingerprint density at radius 3 is 2.09 bits per heavy atom. The Bertz CT molecular complexity index is 980. The predicted octanol–water partition coefficient (Wildman–Crippen LogP) is 5.46. The van der Waals surface area contributed by atoms with Gasteiger partial charge in [-0.15, -0.1) is 0 Å². The fourth-order valence-electron chi connectivity index (χ4n) is 2.49. The summed E-state index contributed by atoms with van der Waals surface area (Å²) in [7, 11) is 3.92. The van der Waals surface area contributed by atoms with Crippen LogP contribution in [-0.4, -0.2) is 48.2 Å². The van der Waals surface area contributed by atoms with E-state index in [0.29, 0.717) is 22.6 Å². The first-order valence-corrected chi connectivity index (χ1v) is 13.0. The highest BCUT2D eigenvalue weighted by molar-refractivity contribution is 8.54. The summed E-state index contributed by atoms with van der Waals surface area (Å²) in [5.41, 5.74) is 2.90.